The molecule has 2 saturated heterocycles. The summed E-state index contributed by atoms with van der Waals surface area (Å²) in [6.45, 7) is 6.29. The highest BCUT2D eigenvalue weighted by molar-refractivity contribution is 5.99. The molecule has 3 aromatic rings. The van der Waals surface area contributed by atoms with E-state index in [9.17, 15) is 28.8 Å². The normalized spacial score (nSPS) is 22.9. The van der Waals surface area contributed by atoms with Crippen molar-refractivity contribution >= 4 is 35.4 Å². The first-order valence-corrected chi connectivity index (χ1v) is 26.1. The lowest BCUT2D eigenvalue weighted by Crippen LogP contribution is -2.61. The lowest BCUT2D eigenvalue weighted by Gasteiger charge is -2.40. The molecule has 4 aliphatic rings. The number of likely N-dealkylation sites (tertiary alicyclic amines) is 1. The van der Waals surface area contributed by atoms with Gasteiger partial charge in [0, 0.05) is 68.8 Å². The largest absolute Gasteiger partial charge is 0.355 e. The van der Waals surface area contributed by atoms with Crippen molar-refractivity contribution in [2.45, 2.75) is 141 Å². The lowest BCUT2D eigenvalue weighted by molar-refractivity contribution is -0.143. The Labute approximate surface area is 404 Å². The second kappa shape index (κ2) is 25.2. The van der Waals surface area contributed by atoms with Crippen molar-refractivity contribution < 1.29 is 28.8 Å². The van der Waals surface area contributed by atoms with Gasteiger partial charge in [0.15, 0.2) is 0 Å². The third kappa shape index (κ3) is 13.8. The van der Waals surface area contributed by atoms with Crippen LogP contribution in [0.5, 0.6) is 0 Å². The fourth-order valence-corrected chi connectivity index (χ4v) is 10.4. The molecule has 0 bridgehead atoms. The summed E-state index contributed by atoms with van der Waals surface area (Å²) in [5.41, 5.74) is 3.16. The lowest BCUT2D eigenvalue weighted by atomic mass is 9.94. The van der Waals surface area contributed by atoms with Crippen LogP contribution in [-0.2, 0) is 19.2 Å². The zero-order valence-corrected chi connectivity index (χ0v) is 40.7. The first-order valence-electron chi connectivity index (χ1n) is 26.1. The van der Waals surface area contributed by atoms with Gasteiger partial charge >= 0.3 is 0 Å². The van der Waals surface area contributed by atoms with E-state index >= 15 is 0 Å². The predicted molar refractivity (Wildman–Crippen MR) is 266 cm³/mol. The summed E-state index contributed by atoms with van der Waals surface area (Å²) in [6, 6.07) is 26.1. The number of benzene rings is 3. The number of hydrogen-bond acceptors (Lipinski definition) is 6. The Morgan fingerprint density at radius 3 is 1.69 bits per heavy atom. The van der Waals surface area contributed by atoms with Crippen molar-refractivity contribution in [3.63, 3.8) is 0 Å². The van der Waals surface area contributed by atoms with Crippen LogP contribution in [-0.4, -0.2) is 108 Å². The van der Waals surface area contributed by atoms with E-state index in [1.165, 1.54) is 43.2 Å². The number of carbonyl (C=O) groups is 6. The number of nitrogens with zero attached hydrogens (tertiary/aromatic N) is 3. The molecule has 2 aliphatic carbocycles. The molecule has 7 atom stereocenters. The van der Waals surface area contributed by atoms with Gasteiger partial charge in [-0.25, -0.2) is 0 Å². The Morgan fingerprint density at radius 1 is 0.529 bits per heavy atom. The van der Waals surface area contributed by atoms with Crippen LogP contribution >= 0.6 is 0 Å². The van der Waals surface area contributed by atoms with E-state index in [0.29, 0.717) is 49.0 Å². The molecule has 4 fully saturated rings. The molecule has 0 radical (unpaired) electrons. The van der Waals surface area contributed by atoms with Crippen LogP contribution in [0, 0.1) is 17.8 Å². The maximum atomic E-state index is 14.1. The standard InChI is InChI=1S/C56H76N6O6/c1-3-5-7-9-10-11-13-21-31-57-54(66)50-39-60(32-33-62(50)51(63)26-20-12-8-6-4-2)55(67)42-27-29-43(30-28-42)56(68)61-37-47(52(64)58-36-44-34-45(44)40-22-16-14-17-23-40)48(38-61)53(65)59-49-35-46(49)41-24-18-15-19-25-41/h14-19,22-25,27-30,44-50H,3-13,20-21,26,31-39H2,1-2H3,(H,57,66)(H,58,64)(H,59,65)/t44-,45-,46-,47-,48-,49+,50?/m1/s1. The minimum absolute atomic E-state index is 0.0188. The monoisotopic (exact) mass is 929 g/mol. The van der Waals surface area contributed by atoms with E-state index in [1.807, 2.05) is 36.4 Å². The van der Waals surface area contributed by atoms with Gasteiger partial charge in [0.05, 0.1) is 18.4 Å². The first-order chi connectivity index (χ1) is 33.2. The van der Waals surface area contributed by atoms with Crippen LogP contribution in [0.4, 0.5) is 0 Å². The summed E-state index contributed by atoms with van der Waals surface area (Å²) in [6.07, 6.45) is 16.6. The van der Waals surface area contributed by atoms with Crippen LogP contribution in [0.15, 0.2) is 84.9 Å². The number of amides is 6. The maximum Gasteiger partial charge on any atom is 0.253 e. The summed E-state index contributed by atoms with van der Waals surface area (Å²) in [5.74, 6) is -1.76. The molecule has 68 heavy (non-hydrogen) atoms. The highest BCUT2D eigenvalue weighted by Crippen LogP contribution is 2.47. The number of rotatable bonds is 25. The highest BCUT2D eigenvalue weighted by Gasteiger charge is 2.48. The van der Waals surface area contributed by atoms with E-state index in [-0.39, 0.29) is 73.6 Å². The Bertz CT molecular complexity index is 2130. The van der Waals surface area contributed by atoms with Gasteiger partial charge in [0.1, 0.15) is 6.04 Å². The van der Waals surface area contributed by atoms with Crippen LogP contribution in [0.3, 0.4) is 0 Å². The molecule has 3 aromatic carbocycles. The molecule has 12 nitrogen and oxygen atoms in total. The van der Waals surface area contributed by atoms with Crippen LogP contribution in [0.1, 0.15) is 160 Å². The second-order valence-corrected chi connectivity index (χ2v) is 19.9. The van der Waals surface area contributed by atoms with Gasteiger partial charge in [0.2, 0.25) is 23.6 Å². The zero-order chi connectivity index (χ0) is 47.8. The van der Waals surface area contributed by atoms with Crippen molar-refractivity contribution in [1.82, 2.24) is 30.7 Å². The molecular formula is C56H76N6O6. The molecule has 7 rings (SSSR count). The van der Waals surface area contributed by atoms with Crippen molar-refractivity contribution in [3.8, 4) is 0 Å². The highest BCUT2D eigenvalue weighted by atomic mass is 16.2. The van der Waals surface area contributed by atoms with Gasteiger partial charge in [-0.2, -0.15) is 0 Å². The third-order valence-electron chi connectivity index (χ3n) is 14.8. The average molecular weight is 929 g/mol. The van der Waals surface area contributed by atoms with E-state index in [1.54, 1.807) is 39.0 Å². The number of unbranched alkanes of at least 4 members (excludes halogenated alkanes) is 11. The Kier molecular flexibility index (Phi) is 18.7. The van der Waals surface area contributed by atoms with Crippen LogP contribution < -0.4 is 16.0 Å². The minimum atomic E-state index is -0.783. The molecule has 1 unspecified atom stereocenters. The summed E-state index contributed by atoms with van der Waals surface area (Å²) in [7, 11) is 0. The Morgan fingerprint density at radius 2 is 1.07 bits per heavy atom. The molecule has 2 aliphatic heterocycles. The zero-order valence-electron chi connectivity index (χ0n) is 40.7. The summed E-state index contributed by atoms with van der Waals surface area (Å²) in [4.78, 5) is 88.2. The molecule has 2 saturated carbocycles. The summed E-state index contributed by atoms with van der Waals surface area (Å²) >= 11 is 0. The quantitative estimate of drug-likeness (QED) is 0.0730. The van der Waals surface area contributed by atoms with Gasteiger partial charge < -0.3 is 30.7 Å². The number of piperazine rings is 1. The SMILES string of the molecule is CCCCCCCCCCNC(=O)C1CN(C(=O)c2ccc(C(=O)N3C[C@@H](C(=O)NC[C@H]4C[C@@H]4c4ccccc4)[C@H](C(=O)N[C@H]4C[C@@H]4c4ccccc4)C3)cc2)CCN1C(=O)CCCCCCC. The predicted octanol–water partition coefficient (Wildman–Crippen LogP) is 8.24. The van der Waals surface area contributed by atoms with Gasteiger partial charge in [-0.05, 0) is 72.9 Å². The van der Waals surface area contributed by atoms with E-state index in [0.717, 1.165) is 64.2 Å². The topological polar surface area (TPSA) is 148 Å². The van der Waals surface area contributed by atoms with Crippen molar-refractivity contribution in [2.24, 2.45) is 17.8 Å². The molecule has 6 amide bonds. The van der Waals surface area contributed by atoms with Gasteiger partial charge in [-0.1, -0.05) is 145 Å². The second-order valence-electron chi connectivity index (χ2n) is 19.9. The molecule has 366 valence electrons. The Hall–Kier alpha value is -5.52. The van der Waals surface area contributed by atoms with Crippen molar-refractivity contribution in [2.75, 3.05) is 45.8 Å². The van der Waals surface area contributed by atoms with Crippen molar-refractivity contribution in [1.29, 1.82) is 0 Å². The maximum absolute atomic E-state index is 14.1. The molecular weight excluding hydrogens is 853 g/mol. The summed E-state index contributed by atoms with van der Waals surface area (Å²) in [5, 5.41) is 9.41. The molecule has 0 spiro atoms. The molecule has 0 aromatic heterocycles. The summed E-state index contributed by atoms with van der Waals surface area (Å²) < 4.78 is 0. The smallest absolute Gasteiger partial charge is 0.253 e. The van der Waals surface area contributed by atoms with E-state index in [2.05, 4.69) is 54.1 Å². The fourth-order valence-electron chi connectivity index (χ4n) is 10.4. The number of carbonyl (C=O) groups excluding carboxylic acids is 6. The number of hydrogen-bond donors (Lipinski definition) is 3. The van der Waals surface area contributed by atoms with Gasteiger partial charge in [0.25, 0.3) is 11.8 Å². The van der Waals surface area contributed by atoms with Crippen LogP contribution in [0.25, 0.3) is 0 Å². The molecule has 2 heterocycles. The van der Waals surface area contributed by atoms with Crippen molar-refractivity contribution in [3.05, 3.63) is 107 Å². The van der Waals surface area contributed by atoms with E-state index in [4.69, 9.17) is 0 Å². The van der Waals surface area contributed by atoms with Crippen LogP contribution in [0.2, 0.25) is 0 Å². The number of nitrogens with one attached hydrogen (secondary N) is 3. The molecule has 12 heteroatoms. The van der Waals surface area contributed by atoms with Gasteiger partial charge in [-0.15, -0.1) is 0 Å². The van der Waals surface area contributed by atoms with E-state index < -0.39 is 17.9 Å². The first kappa shape index (κ1) is 50.4. The minimum Gasteiger partial charge on any atom is -0.355 e. The van der Waals surface area contributed by atoms with Gasteiger partial charge in [-0.3, -0.25) is 28.8 Å². The molecule has 3 N–H and O–H groups in total. The average Bonchev–Trinajstić information content (AvgIpc) is 4.29. The Balaban J connectivity index is 0.960. The third-order valence-corrected chi connectivity index (χ3v) is 14.8. The fraction of sp³-hybridized carbons (Fsp3) is 0.571.